The number of amides is 1. The summed E-state index contributed by atoms with van der Waals surface area (Å²) >= 11 is 1.34. The second-order valence-corrected chi connectivity index (χ2v) is 6.67. The lowest BCUT2D eigenvalue weighted by Crippen LogP contribution is -2.12. The van der Waals surface area contributed by atoms with E-state index >= 15 is 0 Å². The van der Waals surface area contributed by atoms with E-state index < -0.39 is 6.61 Å². The Labute approximate surface area is 152 Å². The zero-order valence-corrected chi connectivity index (χ0v) is 14.8. The largest absolute Gasteiger partial charge is 0.435 e. The number of benzene rings is 1. The molecular weight excluding hydrogens is 360 g/mol. The van der Waals surface area contributed by atoms with Crippen molar-refractivity contribution in [1.82, 2.24) is 9.97 Å². The maximum atomic E-state index is 12.3. The number of pyridine rings is 1. The van der Waals surface area contributed by atoms with Gasteiger partial charge in [-0.05, 0) is 50.2 Å². The topological polar surface area (TPSA) is 64.1 Å². The van der Waals surface area contributed by atoms with E-state index in [0.717, 1.165) is 16.1 Å². The number of carbonyl (C=O) groups is 1. The number of aryl methyl sites for hydroxylation is 2. The van der Waals surface area contributed by atoms with Gasteiger partial charge in [0.1, 0.15) is 5.75 Å². The van der Waals surface area contributed by atoms with Crippen molar-refractivity contribution < 1.29 is 18.3 Å². The lowest BCUT2D eigenvalue weighted by molar-refractivity contribution is -0.0498. The van der Waals surface area contributed by atoms with Gasteiger partial charge in [0, 0.05) is 22.3 Å². The number of nitrogens with zero attached hydrogens (tertiary/aromatic N) is 2. The SMILES string of the molecule is Cc1ccc(C(=O)Nc2nc(-c3ccc(OC(F)F)cc3)c(C)s2)cn1. The first-order chi connectivity index (χ1) is 12.4. The van der Waals surface area contributed by atoms with Gasteiger partial charge in [0.15, 0.2) is 5.13 Å². The number of hydrogen-bond acceptors (Lipinski definition) is 5. The molecule has 0 spiro atoms. The minimum Gasteiger partial charge on any atom is -0.435 e. The molecule has 0 unspecified atom stereocenters. The van der Waals surface area contributed by atoms with Crippen LogP contribution in [-0.4, -0.2) is 22.5 Å². The summed E-state index contributed by atoms with van der Waals surface area (Å²) in [5.74, 6) is -0.212. The number of halogens is 2. The Balaban J connectivity index is 1.76. The third-order valence-corrected chi connectivity index (χ3v) is 4.43. The third-order valence-electron chi connectivity index (χ3n) is 3.54. The van der Waals surface area contributed by atoms with Crippen LogP contribution in [0.25, 0.3) is 11.3 Å². The average molecular weight is 375 g/mol. The van der Waals surface area contributed by atoms with Crippen LogP contribution >= 0.6 is 11.3 Å². The summed E-state index contributed by atoms with van der Waals surface area (Å²) in [6, 6.07) is 9.66. The smallest absolute Gasteiger partial charge is 0.387 e. The molecule has 5 nitrogen and oxygen atoms in total. The highest BCUT2D eigenvalue weighted by molar-refractivity contribution is 7.16. The molecule has 0 bridgehead atoms. The Morgan fingerprint density at radius 1 is 1.15 bits per heavy atom. The maximum absolute atomic E-state index is 12.3. The van der Waals surface area contributed by atoms with E-state index in [0.29, 0.717) is 16.4 Å². The van der Waals surface area contributed by atoms with Crippen LogP contribution in [0.5, 0.6) is 5.75 Å². The van der Waals surface area contributed by atoms with Crippen LogP contribution in [0.2, 0.25) is 0 Å². The molecule has 1 amide bonds. The third kappa shape index (κ3) is 4.20. The molecule has 1 N–H and O–H groups in total. The van der Waals surface area contributed by atoms with Crippen LogP contribution in [0.3, 0.4) is 0 Å². The minimum atomic E-state index is -2.86. The average Bonchev–Trinajstić information content (AvgIpc) is 2.96. The predicted octanol–water partition coefficient (Wildman–Crippen LogP) is 4.68. The fraction of sp³-hybridized carbons (Fsp3) is 0.167. The number of alkyl halides is 2. The second kappa shape index (κ2) is 7.57. The van der Waals surface area contributed by atoms with Crippen molar-refractivity contribution in [2.24, 2.45) is 0 Å². The summed E-state index contributed by atoms with van der Waals surface area (Å²) in [4.78, 5) is 21.7. The number of aromatic nitrogens is 2. The van der Waals surface area contributed by atoms with E-state index in [1.54, 1.807) is 24.3 Å². The second-order valence-electron chi connectivity index (χ2n) is 5.47. The molecule has 0 aliphatic carbocycles. The summed E-state index contributed by atoms with van der Waals surface area (Å²) in [6.45, 7) is 0.857. The van der Waals surface area contributed by atoms with Crippen molar-refractivity contribution in [3.8, 4) is 17.0 Å². The van der Waals surface area contributed by atoms with E-state index in [1.807, 2.05) is 13.8 Å². The fourth-order valence-electron chi connectivity index (χ4n) is 2.28. The molecule has 8 heteroatoms. The Bertz CT molecular complexity index is 909. The molecule has 0 saturated carbocycles. The Hall–Kier alpha value is -2.87. The summed E-state index contributed by atoms with van der Waals surface area (Å²) < 4.78 is 28.8. The molecule has 0 aliphatic rings. The van der Waals surface area contributed by atoms with Crippen LogP contribution in [0.1, 0.15) is 20.9 Å². The number of thiazole rings is 1. The monoisotopic (exact) mass is 375 g/mol. The van der Waals surface area contributed by atoms with Crippen LogP contribution < -0.4 is 10.1 Å². The van der Waals surface area contributed by atoms with Gasteiger partial charge < -0.3 is 4.74 Å². The first kappa shape index (κ1) is 17.9. The Morgan fingerprint density at radius 2 is 1.88 bits per heavy atom. The standard InChI is InChI=1S/C18H15F2N3O2S/c1-10-3-4-13(9-21-10)16(24)23-18-22-15(11(2)26-18)12-5-7-14(8-6-12)25-17(19)20/h3-9,17H,1-2H3,(H,22,23,24). The van der Waals surface area contributed by atoms with Gasteiger partial charge in [0.25, 0.3) is 5.91 Å². The van der Waals surface area contributed by atoms with Gasteiger partial charge >= 0.3 is 6.61 Å². The van der Waals surface area contributed by atoms with Crippen molar-refractivity contribution in [3.05, 3.63) is 58.7 Å². The molecule has 1 aromatic carbocycles. The van der Waals surface area contributed by atoms with E-state index in [-0.39, 0.29) is 11.7 Å². The minimum absolute atomic E-state index is 0.0806. The number of rotatable bonds is 5. The first-order valence-electron chi connectivity index (χ1n) is 7.69. The normalized spacial score (nSPS) is 10.8. The van der Waals surface area contributed by atoms with Gasteiger partial charge in [-0.2, -0.15) is 8.78 Å². The first-order valence-corrected chi connectivity index (χ1v) is 8.50. The lowest BCUT2D eigenvalue weighted by Gasteiger charge is -2.05. The molecule has 134 valence electrons. The number of ether oxygens (including phenoxy) is 1. The Morgan fingerprint density at radius 3 is 2.50 bits per heavy atom. The van der Waals surface area contributed by atoms with Crippen LogP contribution in [0.4, 0.5) is 13.9 Å². The summed E-state index contributed by atoms with van der Waals surface area (Å²) in [6.07, 6.45) is 1.51. The molecule has 26 heavy (non-hydrogen) atoms. The van der Waals surface area contributed by atoms with Crippen molar-refractivity contribution >= 4 is 22.4 Å². The van der Waals surface area contributed by atoms with Crippen LogP contribution in [0.15, 0.2) is 42.6 Å². The van der Waals surface area contributed by atoms with Crippen molar-refractivity contribution in [2.75, 3.05) is 5.32 Å². The molecular formula is C18H15F2N3O2S. The maximum Gasteiger partial charge on any atom is 0.387 e. The number of hydrogen-bond donors (Lipinski definition) is 1. The zero-order valence-electron chi connectivity index (χ0n) is 14.0. The van der Waals surface area contributed by atoms with Gasteiger partial charge in [0.2, 0.25) is 0 Å². The molecule has 0 atom stereocenters. The Kier molecular flexibility index (Phi) is 5.22. The van der Waals surface area contributed by atoms with E-state index in [1.165, 1.54) is 29.7 Å². The summed E-state index contributed by atoms with van der Waals surface area (Å²) in [5.41, 5.74) is 2.69. The van der Waals surface area contributed by atoms with Gasteiger partial charge in [0.05, 0.1) is 11.3 Å². The van der Waals surface area contributed by atoms with E-state index in [9.17, 15) is 13.6 Å². The molecule has 2 heterocycles. The molecule has 0 aliphatic heterocycles. The van der Waals surface area contributed by atoms with Crippen LogP contribution in [-0.2, 0) is 0 Å². The summed E-state index contributed by atoms with van der Waals surface area (Å²) in [7, 11) is 0. The highest BCUT2D eigenvalue weighted by Gasteiger charge is 2.14. The molecule has 0 saturated heterocycles. The molecule has 3 rings (SSSR count). The van der Waals surface area contributed by atoms with Crippen LogP contribution in [0, 0.1) is 13.8 Å². The van der Waals surface area contributed by atoms with Gasteiger partial charge in [-0.1, -0.05) is 0 Å². The van der Waals surface area contributed by atoms with Crippen molar-refractivity contribution in [2.45, 2.75) is 20.5 Å². The molecule has 2 aromatic heterocycles. The van der Waals surface area contributed by atoms with Gasteiger partial charge in [-0.3, -0.25) is 15.1 Å². The highest BCUT2D eigenvalue weighted by Crippen LogP contribution is 2.31. The number of anilines is 1. The molecule has 0 fully saturated rings. The molecule has 3 aromatic rings. The summed E-state index contributed by atoms with van der Waals surface area (Å²) in [5, 5.41) is 3.21. The highest BCUT2D eigenvalue weighted by atomic mass is 32.1. The zero-order chi connectivity index (χ0) is 18.7. The molecule has 0 radical (unpaired) electrons. The lowest BCUT2D eigenvalue weighted by atomic mass is 10.1. The fourth-order valence-corrected chi connectivity index (χ4v) is 3.11. The van der Waals surface area contributed by atoms with Gasteiger partial charge in [-0.25, -0.2) is 4.98 Å². The number of nitrogens with one attached hydrogen (secondary N) is 1. The number of carbonyl (C=O) groups excluding carboxylic acids is 1. The van der Waals surface area contributed by atoms with E-state index in [2.05, 4.69) is 20.0 Å². The van der Waals surface area contributed by atoms with Crippen molar-refractivity contribution in [1.29, 1.82) is 0 Å². The predicted molar refractivity (Wildman–Crippen MR) is 95.8 cm³/mol. The van der Waals surface area contributed by atoms with E-state index in [4.69, 9.17) is 0 Å². The van der Waals surface area contributed by atoms with Gasteiger partial charge in [-0.15, -0.1) is 11.3 Å². The van der Waals surface area contributed by atoms with Crippen molar-refractivity contribution in [3.63, 3.8) is 0 Å². The quantitative estimate of drug-likeness (QED) is 0.703.